The van der Waals surface area contributed by atoms with Gasteiger partial charge in [-0.2, -0.15) is 5.26 Å². The van der Waals surface area contributed by atoms with Crippen molar-refractivity contribution >= 4 is 17.2 Å². The molecule has 0 radical (unpaired) electrons. The monoisotopic (exact) mass is 358 g/mol. The normalized spacial score (nSPS) is 16.7. The zero-order chi connectivity index (χ0) is 17.6. The van der Waals surface area contributed by atoms with Crippen LogP contribution >= 0.6 is 11.3 Å². The van der Waals surface area contributed by atoms with Gasteiger partial charge in [0.05, 0.1) is 6.04 Å². The molecule has 1 aliphatic heterocycles. The number of piperidine rings is 1. The molecule has 5 nitrogen and oxygen atoms in total. The molecule has 1 N–H and O–H groups in total. The highest BCUT2D eigenvalue weighted by molar-refractivity contribution is 7.10. The lowest BCUT2D eigenvalue weighted by Crippen LogP contribution is -2.36. The number of thiophene rings is 1. The maximum atomic E-state index is 9.34. The first-order valence-corrected chi connectivity index (χ1v) is 9.96. The fraction of sp³-hybridized carbons (Fsp3) is 0.579. The van der Waals surface area contributed by atoms with Gasteiger partial charge in [0.25, 0.3) is 0 Å². The third-order valence-electron chi connectivity index (χ3n) is 4.52. The summed E-state index contributed by atoms with van der Waals surface area (Å²) in [5.74, 6) is 1.60. The first-order valence-electron chi connectivity index (χ1n) is 9.08. The van der Waals surface area contributed by atoms with Crippen molar-refractivity contribution in [3.63, 3.8) is 0 Å². The fourth-order valence-electron chi connectivity index (χ4n) is 3.31. The zero-order valence-electron chi connectivity index (χ0n) is 15.0. The second-order valence-corrected chi connectivity index (χ2v) is 7.98. The largest absolute Gasteiger partial charge is 0.424 e. The molecule has 0 amide bonds. The van der Waals surface area contributed by atoms with Crippen molar-refractivity contribution in [2.45, 2.75) is 45.6 Å². The van der Waals surface area contributed by atoms with E-state index in [1.165, 1.54) is 24.1 Å². The average molecular weight is 359 g/mol. The highest BCUT2D eigenvalue weighted by Crippen LogP contribution is 2.29. The molecule has 25 heavy (non-hydrogen) atoms. The number of nitrogens with zero attached hydrogens (tertiary/aromatic N) is 3. The highest BCUT2D eigenvalue weighted by atomic mass is 32.1. The summed E-state index contributed by atoms with van der Waals surface area (Å²) in [6.07, 6.45) is 4.58. The molecule has 1 atom stereocenters. The van der Waals surface area contributed by atoms with E-state index in [-0.39, 0.29) is 0 Å². The van der Waals surface area contributed by atoms with Crippen LogP contribution in [-0.2, 0) is 6.42 Å². The van der Waals surface area contributed by atoms with Crippen LogP contribution in [0.3, 0.4) is 0 Å². The lowest BCUT2D eigenvalue weighted by atomic mass is 10.1. The number of anilines is 1. The third kappa shape index (κ3) is 4.62. The highest BCUT2D eigenvalue weighted by Gasteiger charge is 2.24. The van der Waals surface area contributed by atoms with Gasteiger partial charge in [-0.3, -0.25) is 4.90 Å². The second-order valence-electron chi connectivity index (χ2n) is 7.00. The molecule has 0 bridgehead atoms. The van der Waals surface area contributed by atoms with Crippen LogP contribution < -0.4 is 5.32 Å². The minimum atomic E-state index is 0.311. The number of aromatic nitrogens is 1. The van der Waals surface area contributed by atoms with Crippen molar-refractivity contribution in [1.82, 2.24) is 9.88 Å². The summed E-state index contributed by atoms with van der Waals surface area (Å²) in [5.41, 5.74) is 0.360. The van der Waals surface area contributed by atoms with Gasteiger partial charge in [-0.05, 0) is 43.3 Å². The molecule has 2 aromatic heterocycles. The zero-order valence-corrected chi connectivity index (χ0v) is 15.8. The van der Waals surface area contributed by atoms with E-state index in [9.17, 15) is 5.26 Å². The van der Waals surface area contributed by atoms with Crippen molar-refractivity contribution < 1.29 is 4.42 Å². The minimum absolute atomic E-state index is 0.311. The van der Waals surface area contributed by atoms with Crippen LogP contribution in [0.15, 0.2) is 21.9 Å². The Hall–Kier alpha value is -1.84. The van der Waals surface area contributed by atoms with Crippen LogP contribution in [0.1, 0.15) is 55.6 Å². The Morgan fingerprint density at radius 1 is 1.36 bits per heavy atom. The summed E-state index contributed by atoms with van der Waals surface area (Å²) in [5, 5.41) is 14.8. The van der Waals surface area contributed by atoms with Crippen molar-refractivity contribution in [2.24, 2.45) is 5.92 Å². The predicted octanol–water partition coefficient (Wildman–Crippen LogP) is 4.45. The van der Waals surface area contributed by atoms with Gasteiger partial charge < -0.3 is 9.73 Å². The summed E-state index contributed by atoms with van der Waals surface area (Å²) in [4.78, 5) is 8.22. The fourth-order valence-corrected chi connectivity index (χ4v) is 4.17. The predicted molar refractivity (Wildman–Crippen MR) is 101 cm³/mol. The number of rotatable bonds is 7. The number of nitrogens with one attached hydrogen (secondary N) is 1. The van der Waals surface area contributed by atoms with E-state index in [0.29, 0.717) is 29.4 Å². The summed E-state index contributed by atoms with van der Waals surface area (Å²) in [7, 11) is 0. The van der Waals surface area contributed by atoms with Gasteiger partial charge in [-0.15, -0.1) is 11.3 Å². The van der Waals surface area contributed by atoms with Gasteiger partial charge in [0.15, 0.2) is 5.89 Å². The summed E-state index contributed by atoms with van der Waals surface area (Å²) in [6.45, 7) is 7.22. The number of nitriles is 1. The van der Waals surface area contributed by atoms with Gasteiger partial charge in [0.2, 0.25) is 11.6 Å². The van der Waals surface area contributed by atoms with Crippen molar-refractivity contribution in [3.05, 3.63) is 34.0 Å². The van der Waals surface area contributed by atoms with Crippen LogP contribution in [0.5, 0.6) is 0 Å². The van der Waals surface area contributed by atoms with E-state index in [0.717, 1.165) is 26.1 Å². The maximum Gasteiger partial charge on any atom is 0.232 e. The molecule has 1 saturated heterocycles. The van der Waals surface area contributed by atoms with E-state index < -0.39 is 0 Å². The van der Waals surface area contributed by atoms with E-state index in [1.54, 1.807) is 11.3 Å². The van der Waals surface area contributed by atoms with Gasteiger partial charge in [0.1, 0.15) is 6.07 Å². The molecule has 6 heteroatoms. The summed E-state index contributed by atoms with van der Waals surface area (Å²) < 4.78 is 5.81. The average Bonchev–Trinajstić information content (AvgIpc) is 3.25. The smallest absolute Gasteiger partial charge is 0.232 e. The molecule has 3 heterocycles. The van der Waals surface area contributed by atoms with Crippen LogP contribution in [0.25, 0.3) is 0 Å². The molecule has 0 aromatic carbocycles. The Morgan fingerprint density at radius 3 is 2.80 bits per heavy atom. The maximum absolute atomic E-state index is 9.34. The van der Waals surface area contributed by atoms with Crippen molar-refractivity contribution in [2.75, 3.05) is 25.0 Å². The Bertz CT molecular complexity index is 696. The van der Waals surface area contributed by atoms with Crippen LogP contribution in [-0.4, -0.2) is 29.5 Å². The molecule has 0 unspecified atom stereocenters. The molecular formula is C19H26N4OS. The molecule has 3 rings (SSSR count). The van der Waals surface area contributed by atoms with Gasteiger partial charge in [0, 0.05) is 17.8 Å². The lowest BCUT2D eigenvalue weighted by Gasteiger charge is -2.34. The Morgan fingerprint density at radius 2 is 2.16 bits per heavy atom. The quantitative estimate of drug-likeness (QED) is 0.792. The van der Waals surface area contributed by atoms with Gasteiger partial charge >= 0.3 is 0 Å². The van der Waals surface area contributed by atoms with E-state index >= 15 is 0 Å². The molecule has 0 saturated carbocycles. The summed E-state index contributed by atoms with van der Waals surface area (Å²) >= 11 is 1.79. The minimum Gasteiger partial charge on any atom is -0.424 e. The molecular weight excluding hydrogens is 332 g/mol. The topological polar surface area (TPSA) is 65.1 Å². The van der Waals surface area contributed by atoms with Crippen LogP contribution in [0.2, 0.25) is 0 Å². The lowest BCUT2D eigenvalue weighted by molar-refractivity contribution is 0.172. The molecule has 0 spiro atoms. The van der Waals surface area contributed by atoms with Crippen LogP contribution in [0.4, 0.5) is 5.88 Å². The third-order valence-corrected chi connectivity index (χ3v) is 5.49. The number of hydrogen-bond acceptors (Lipinski definition) is 6. The van der Waals surface area contributed by atoms with Gasteiger partial charge in [-0.25, -0.2) is 4.98 Å². The molecule has 2 aromatic rings. The molecule has 1 fully saturated rings. The first kappa shape index (κ1) is 18.0. The van der Waals surface area contributed by atoms with Crippen LogP contribution in [0, 0.1) is 17.2 Å². The summed E-state index contributed by atoms with van der Waals surface area (Å²) in [6, 6.07) is 6.76. The Kier molecular flexibility index (Phi) is 6.11. The van der Waals surface area contributed by atoms with Gasteiger partial charge in [-0.1, -0.05) is 26.3 Å². The number of likely N-dealkylation sites (tertiary alicyclic amines) is 1. The number of hydrogen-bond donors (Lipinski definition) is 1. The molecule has 1 aliphatic rings. The molecule has 134 valence electrons. The Labute approximate surface area is 153 Å². The standard InChI is InChI=1S/C19H26N4OS/c1-14(2)11-18-22-15(12-20)19(24-18)21-13-16(17-7-6-10-25-17)23-8-4-3-5-9-23/h6-7,10,14,16,21H,3-5,8-9,11,13H2,1-2H3/t16-/m0/s1. The second kappa shape index (κ2) is 8.50. The van der Waals surface area contributed by atoms with Crippen molar-refractivity contribution in [3.8, 4) is 6.07 Å². The van der Waals surface area contributed by atoms with Crippen molar-refractivity contribution in [1.29, 1.82) is 5.26 Å². The SMILES string of the molecule is CC(C)Cc1nc(C#N)c(NC[C@@H](c2cccs2)N2CCCCC2)o1. The molecule has 0 aliphatic carbocycles. The van der Waals surface area contributed by atoms with E-state index in [2.05, 4.69) is 52.6 Å². The number of oxazole rings is 1. The van der Waals surface area contributed by atoms with E-state index in [4.69, 9.17) is 4.42 Å². The Balaban J connectivity index is 1.72. The van der Waals surface area contributed by atoms with E-state index in [1.807, 2.05) is 0 Å². The first-order chi connectivity index (χ1) is 12.2.